The van der Waals surface area contributed by atoms with E-state index in [4.69, 9.17) is 13.9 Å². The van der Waals surface area contributed by atoms with Crippen LogP contribution in [0.3, 0.4) is 0 Å². The highest BCUT2D eigenvalue weighted by molar-refractivity contribution is 5.82. The lowest BCUT2D eigenvalue weighted by Gasteiger charge is -2.34. The van der Waals surface area contributed by atoms with E-state index in [1.54, 1.807) is 18.2 Å². The van der Waals surface area contributed by atoms with Gasteiger partial charge in [-0.3, -0.25) is 4.79 Å². The van der Waals surface area contributed by atoms with Crippen molar-refractivity contribution < 1.29 is 23.5 Å². The van der Waals surface area contributed by atoms with Crippen molar-refractivity contribution in [1.29, 1.82) is 0 Å². The van der Waals surface area contributed by atoms with Gasteiger partial charge in [0.25, 0.3) is 5.91 Å². The van der Waals surface area contributed by atoms with E-state index in [0.29, 0.717) is 23.2 Å². The van der Waals surface area contributed by atoms with Gasteiger partial charge >= 0.3 is 11.6 Å². The van der Waals surface area contributed by atoms with E-state index in [-0.39, 0.29) is 25.2 Å². The molecule has 0 spiro atoms. The molecule has 3 rings (SSSR count). The van der Waals surface area contributed by atoms with Crippen molar-refractivity contribution >= 4 is 22.8 Å². The first-order valence-electron chi connectivity index (χ1n) is 9.96. The van der Waals surface area contributed by atoms with Crippen LogP contribution < -0.4 is 15.7 Å². The van der Waals surface area contributed by atoms with E-state index < -0.39 is 11.6 Å². The van der Waals surface area contributed by atoms with E-state index >= 15 is 0 Å². The molecule has 29 heavy (non-hydrogen) atoms. The highest BCUT2D eigenvalue weighted by atomic mass is 16.6. The largest absolute Gasteiger partial charge is 0.482 e. The number of esters is 1. The maximum atomic E-state index is 12.1. The van der Waals surface area contributed by atoms with Crippen molar-refractivity contribution in [3.8, 4) is 5.75 Å². The van der Waals surface area contributed by atoms with Crippen molar-refractivity contribution in [3.05, 3.63) is 40.2 Å². The summed E-state index contributed by atoms with van der Waals surface area (Å²) in [6, 6.07) is 6.53. The van der Waals surface area contributed by atoms with Gasteiger partial charge in [0.1, 0.15) is 11.3 Å². The molecule has 1 aromatic carbocycles. The molecule has 0 aliphatic heterocycles. The van der Waals surface area contributed by atoms with Crippen LogP contribution >= 0.6 is 0 Å². The zero-order chi connectivity index (χ0) is 21.0. The zero-order valence-electron chi connectivity index (χ0n) is 17.0. The fourth-order valence-electron chi connectivity index (χ4n) is 3.76. The van der Waals surface area contributed by atoms with Gasteiger partial charge in [0.15, 0.2) is 13.2 Å². The van der Waals surface area contributed by atoms with Crippen LogP contribution in [0.25, 0.3) is 11.0 Å². The highest BCUT2D eigenvalue weighted by Gasteiger charge is 2.28. The van der Waals surface area contributed by atoms with Gasteiger partial charge in [-0.2, -0.15) is 0 Å². The highest BCUT2D eigenvalue weighted by Crippen LogP contribution is 2.29. The molecule has 0 unspecified atom stereocenters. The molecule has 2 aromatic rings. The molecule has 0 saturated heterocycles. The number of hydrogen-bond acceptors (Lipinski definition) is 6. The first kappa shape index (κ1) is 20.9. The van der Waals surface area contributed by atoms with Crippen molar-refractivity contribution in [2.24, 2.45) is 11.8 Å². The number of aryl methyl sites for hydroxylation is 1. The van der Waals surface area contributed by atoms with Gasteiger partial charge in [-0.05, 0) is 42.9 Å². The molecule has 1 fully saturated rings. The summed E-state index contributed by atoms with van der Waals surface area (Å²) < 4.78 is 15.6. The first-order valence-corrected chi connectivity index (χ1v) is 9.96. The van der Waals surface area contributed by atoms with Crippen LogP contribution in [-0.2, 0) is 14.3 Å². The van der Waals surface area contributed by atoms with E-state index in [0.717, 1.165) is 23.8 Å². The Morgan fingerprint density at radius 2 is 1.97 bits per heavy atom. The van der Waals surface area contributed by atoms with Crippen LogP contribution in [0.4, 0.5) is 0 Å². The number of carbonyl (C=O) groups is 2. The van der Waals surface area contributed by atoms with Gasteiger partial charge in [-0.15, -0.1) is 0 Å². The second-order valence-electron chi connectivity index (χ2n) is 7.80. The fraction of sp³-hybridized carbons (Fsp3) is 0.500. The SMILES string of the molecule is Cc1cc(=O)oc2cc(OCC(=O)OCC(=O)N[C@H]3CCC[C@@H](C)[C@@H]3C)ccc12. The average molecular weight is 401 g/mol. The topological polar surface area (TPSA) is 94.8 Å². The van der Waals surface area contributed by atoms with Gasteiger partial charge in [0.05, 0.1) is 0 Å². The summed E-state index contributed by atoms with van der Waals surface area (Å²) in [6.07, 6.45) is 3.22. The summed E-state index contributed by atoms with van der Waals surface area (Å²) in [5.41, 5.74) is 0.741. The number of nitrogens with one attached hydrogen (secondary N) is 1. The molecule has 3 atom stereocenters. The molecule has 0 radical (unpaired) electrons. The molecule has 1 saturated carbocycles. The van der Waals surface area contributed by atoms with Gasteiger partial charge in [0, 0.05) is 23.6 Å². The second-order valence-corrected chi connectivity index (χ2v) is 7.80. The summed E-state index contributed by atoms with van der Waals surface area (Å²) in [5.74, 6) is 0.407. The Balaban J connectivity index is 1.47. The number of benzene rings is 1. The molecule has 0 bridgehead atoms. The zero-order valence-corrected chi connectivity index (χ0v) is 17.0. The maximum absolute atomic E-state index is 12.1. The molecule has 1 heterocycles. The monoisotopic (exact) mass is 401 g/mol. The molecule has 156 valence electrons. The summed E-state index contributed by atoms with van der Waals surface area (Å²) in [5, 5.41) is 3.75. The maximum Gasteiger partial charge on any atom is 0.344 e. The molecular weight excluding hydrogens is 374 g/mol. The van der Waals surface area contributed by atoms with Crippen molar-refractivity contribution in [3.63, 3.8) is 0 Å². The smallest absolute Gasteiger partial charge is 0.344 e. The van der Waals surface area contributed by atoms with E-state index in [1.807, 2.05) is 6.92 Å². The molecule has 1 aromatic heterocycles. The third kappa shape index (κ3) is 5.37. The van der Waals surface area contributed by atoms with Crippen LogP contribution in [0.1, 0.15) is 38.7 Å². The molecule has 7 nitrogen and oxygen atoms in total. The van der Waals surface area contributed by atoms with Crippen LogP contribution in [0, 0.1) is 18.8 Å². The minimum atomic E-state index is -0.643. The Morgan fingerprint density at radius 1 is 1.17 bits per heavy atom. The standard InChI is InChI=1S/C22H27NO6/c1-13-5-4-6-18(15(13)3)23-20(24)11-28-22(26)12-27-16-7-8-17-14(2)9-21(25)29-19(17)10-16/h7-10,13,15,18H,4-6,11-12H2,1-3H3,(H,23,24)/t13-,15+,18+/m1/s1. The summed E-state index contributed by atoms with van der Waals surface area (Å²) in [6.45, 7) is 5.48. The Morgan fingerprint density at radius 3 is 2.76 bits per heavy atom. The van der Waals surface area contributed by atoms with Gasteiger partial charge in [-0.1, -0.05) is 26.7 Å². The molecule has 7 heteroatoms. The molecule has 1 amide bonds. The van der Waals surface area contributed by atoms with E-state index in [9.17, 15) is 14.4 Å². The summed E-state index contributed by atoms with van der Waals surface area (Å²) >= 11 is 0. The minimum Gasteiger partial charge on any atom is -0.482 e. The number of fused-ring (bicyclic) bond motifs is 1. The average Bonchev–Trinajstić information content (AvgIpc) is 2.68. The summed E-state index contributed by atoms with van der Waals surface area (Å²) in [7, 11) is 0. The van der Waals surface area contributed by atoms with E-state index in [1.165, 1.54) is 12.5 Å². The predicted molar refractivity (Wildman–Crippen MR) is 108 cm³/mol. The lowest BCUT2D eigenvalue weighted by molar-refractivity contribution is -0.150. The second kappa shape index (κ2) is 9.11. The predicted octanol–water partition coefficient (Wildman–Crippen LogP) is 2.96. The lowest BCUT2D eigenvalue weighted by Crippen LogP contribution is -2.45. The lowest BCUT2D eigenvalue weighted by atomic mass is 9.78. The molecule has 1 aliphatic rings. The van der Waals surface area contributed by atoms with Gasteiger partial charge in [-0.25, -0.2) is 9.59 Å². The number of hydrogen-bond donors (Lipinski definition) is 1. The Hall–Kier alpha value is -2.83. The molecule has 1 aliphatic carbocycles. The summed E-state index contributed by atoms with van der Waals surface area (Å²) in [4.78, 5) is 35.5. The number of amides is 1. The Bertz CT molecular complexity index is 950. The van der Waals surface area contributed by atoms with Crippen LogP contribution in [0.5, 0.6) is 5.75 Å². The third-order valence-corrected chi connectivity index (χ3v) is 5.70. The van der Waals surface area contributed by atoms with Gasteiger partial charge < -0.3 is 19.2 Å². The van der Waals surface area contributed by atoms with Crippen LogP contribution in [0.2, 0.25) is 0 Å². The minimum absolute atomic E-state index is 0.122. The Kier molecular flexibility index (Phi) is 6.56. The van der Waals surface area contributed by atoms with Crippen molar-refractivity contribution in [2.45, 2.75) is 46.1 Å². The number of ether oxygens (including phenoxy) is 2. The molecule has 1 N–H and O–H groups in total. The number of rotatable bonds is 6. The normalized spacial score (nSPS) is 21.6. The first-order chi connectivity index (χ1) is 13.8. The van der Waals surface area contributed by atoms with Crippen LogP contribution in [-0.4, -0.2) is 31.1 Å². The van der Waals surface area contributed by atoms with Crippen LogP contribution in [0.15, 0.2) is 33.5 Å². The fourth-order valence-corrected chi connectivity index (χ4v) is 3.76. The Labute approximate surface area is 169 Å². The quantitative estimate of drug-likeness (QED) is 0.591. The van der Waals surface area contributed by atoms with Crippen molar-refractivity contribution in [1.82, 2.24) is 5.32 Å². The third-order valence-electron chi connectivity index (χ3n) is 5.70. The van der Waals surface area contributed by atoms with E-state index in [2.05, 4.69) is 19.2 Å². The van der Waals surface area contributed by atoms with Gasteiger partial charge in [0.2, 0.25) is 0 Å². The molecular formula is C22H27NO6. The van der Waals surface area contributed by atoms with Crippen molar-refractivity contribution in [2.75, 3.05) is 13.2 Å². The number of carbonyl (C=O) groups excluding carboxylic acids is 2.